The van der Waals surface area contributed by atoms with Gasteiger partial charge in [-0.2, -0.15) is 0 Å². The number of ether oxygens (including phenoxy) is 2. The molecule has 5 rings (SSSR count). The minimum Gasteiger partial charge on any atom is -0.481 e. The van der Waals surface area contributed by atoms with Crippen molar-refractivity contribution in [2.45, 2.75) is 24.5 Å². The molecule has 3 N–H and O–H groups in total. The molecule has 0 aliphatic carbocycles. The van der Waals surface area contributed by atoms with E-state index in [0.29, 0.717) is 17.7 Å². The van der Waals surface area contributed by atoms with Crippen molar-refractivity contribution in [1.82, 2.24) is 0 Å². The lowest BCUT2D eigenvalue weighted by atomic mass is 9.80. The van der Waals surface area contributed by atoms with Gasteiger partial charge in [0.05, 0.1) is 25.4 Å². The van der Waals surface area contributed by atoms with Crippen molar-refractivity contribution in [3.63, 3.8) is 0 Å². The van der Waals surface area contributed by atoms with E-state index >= 15 is 0 Å². The monoisotopic (exact) mass is 643 g/mol. The molecule has 0 aromatic heterocycles. The molecule has 0 aliphatic rings. The number of benzene rings is 5. The molecule has 5 aromatic rings. The first-order valence-electron chi connectivity index (χ1n) is 15.6. The van der Waals surface area contributed by atoms with Crippen molar-refractivity contribution in [2.75, 3.05) is 19.0 Å². The number of carboxylic acid groups (broad SMARTS) is 1. The summed E-state index contributed by atoms with van der Waals surface area (Å²) in [7, 11) is 1.27. The predicted molar refractivity (Wildman–Crippen MR) is 183 cm³/mol. The van der Waals surface area contributed by atoms with Crippen LogP contribution in [0.15, 0.2) is 140 Å². The van der Waals surface area contributed by atoms with E-state index in [-0.39, 0.29) is 18.6 Å². The number of hydrogen-bond donors (Lipinski definition) is 3. The summed E-state index contributed by atoms with van der Waals surface area (Å²) in [5.41, 5.74) is 3.24. The zero-order valence-electron chi connectivity index (χ0n) is 26.5. The quantitative estimate of drug-likeness (QED) is 0.0906. The number of carbonyl (C=O) groups is 3. The van der Waals surface area contributed by atoms with Crippen LogP contribution < -0.4 is 5.32 Å². The molecule has 5 aromatic carbocycles. The molecule has 1 amide bonds. The average Bonchev–Trinajstić information content (AvgIpc) is 3.13. The largest absolute Gasteiger partial charge is 0.481 e. The van der Waals surface area contributed by atoms with Gasteiger partial charge in [-0.25, -0.2) is 4.79 Å². The first-order valence-corrected chi connectivity index (χ1v) is 15.6. The molecule has 0 radical (unpaired) electrons. The molecule has 8 nitrogen and oxygen atoms in total. The number of carbonyl (C=O) groups excluding carboxylic acids is 2. The van der Waals surface area contributed by atoms with Crippen LogP contribution in [0.4, 0.5) is 5.69 Å². The van der Waals surface area contributed by atoms with E-state index in [9.17, 15) is 24.6 Å². The molecule has 0 saturated heterocycles. The second kappa shape index (κ2) is 15.8. The molecule has 0 saturated carbocycles. The van der Waals surface area contributed by atoms with E-state index < -0.39 is 35.5 Å². The summed E-state index contributed by atoms with van der Waals surface area (Å²) >= 11 is 0. The summed E-state index contributed by atoms with van der Waals surface area (Å²) in [6.45, 7) is -0.254. The maximum atomic E-state index is 12.9. The first kappa shape index (κ1) is 33.8. The molecule has 2 atom stereocenters. The van der Waals surface area contributed by atoms with Crippen molar-refractivity contribution in [3.05, 3.63) is 173 Å². The lowest BCUT2D eigenvalue weighted by Gasteiger charge is -2.37. The molecule has 0 unspecified atom stereocenters. The highest BCUT2D eigenvalue weighted by Gasteiger charge is 2.40. The van der Waals surface area contributed by atoms with Gasteiger partial charge in [-0.1, -0.05) is 109 Å². The van der Waals surface area contributed by atoms with Crippen LogP contribution >= 0.6 is 0 Å². The number of aliphatic carboxylic acids is 1. The fourth-order valence-corrected chi connectivity index (χ4v) is 5.76. The minimum atomic E-state index is -1.22. The van der Waals surface area contributed by atoms with Gasteiger partial charge in [-0.05, 0) is 65.4 Å². The fraction of sp³-hybridized carbons (Fsp3) is 0.175. The van der Waals surface area contributed by atoms with Crippen LogP contribution in [0, 0.1) is 5.92 Å². The number of methoxy groups -OCH3 is 1. The number of amides is 1. The van der Waals surface area contributed by atoms with Crippen LogP contribution in [0.2, 0.25) is 0 Å². The molecule has 244 valence electrons. The van der Waals surface area contributed by atoms with Crippen LogP contribution in [0.3, 0.4) is 0 Å². The van der Waals surface area contributed by atoms with Gasteiger partial charge in [0.15, 0.2) is 0 Å². The van der Waals surface area contributed by atoms with Gasteiger partial charge < -0.3 is 25.0 Å². The van der Waals surface area contributed by atoms with E-state index in [2.05, 4.69) is 5.32 Å². The van der Waals surface area contributed by atoms with Crippen molar-refractivity contribution in [3.8, 4) is 0 Å². The zero-order chi connectivity index (χ0) is 33.9. The Balaban J connectivity index is 1.32. The van der Waals surface area contributed by atoms with Crippen LogP contribution in [0.25, 0.3) is 0 Å². The van der Waals surface area contributed by atoms with Crippen molar-refractivity contribution >= 4 is 23.5 Å². The smallest absolute Gasteiger partial charge is 0.337 e. The van der Waals surface area contributed by atoms with Gasteiger partial charge in [0.25, 0.3) is 5.91 Å². The fourth-order valence-electron chi connectivity index (χ4n) is 5.76. The first-order chi connectivity index (χ1) is 23.3. The number of anilines is 1. The Morgan fingerprint density at radius 3 is 1.79 bits per heavy atom. The van der Waals surface area contributed by atoms with Gasteiger partial charge in [0, 0.05) is 11.3 Å². The van der Waals surface area contributed by atoms with Crippen LogP contribution in [-0.4, -0.2) is 47.9 Å². The van der Waals surface area contributed by atoms with Crippen molar-refractivity contribution in [1.29, 1.82) is 0 Å². The summed E-state index contributed by atoms with van der Waals surface area (Å²) in [5.74, 6) is -3.33. The third-order valence-electron chi connectivity index (χ3n) is 8.26. The van der Waals surface area contributed by atoms with Gasteiger partial charge in [-0.15, -0.1) is 0 Å². The summed E-state index contributed by atoms with van der Waals surface area (Å²) in [6, 6.07) is 42.3. The second-order valence-electron chi connectivity index (χ2n) is 11.4. The third-order valence-corrected chi connectivity index (χ3v) is 8.26. The van der Waals surface area contributed by atoms with Gasteiger partial charge >= 0.3 is 11.9 Å². The topological polar surface area (TPSA) is 122 Å². The van der Waals surface area contributed by atoms with E-state index in [4.69, 9.17) is 9.47 Å². The Morgan fingerprint density at radius 2 is 1.25 bits per heavy atom. The molecule has 48 heavy (non-hydrogen) atoms. The van der Waals surface area contributed by atoms with Gasteiger partial charge in [0.1, 0.15) is 11.5 Å². The van der Waals surface area contributed by atoms with E-state index in [1.54, 1.807) is 36.4 Å². The number of rotatable bonds is 14. The second-order valence-corrected chi connectivity index (χ2v) is 11.4. The molecule has 8 heteroatoms. The number of carboxylic acids is 1. The summed E-state index contributed by atoms with van der Waals surface area (Å²) in [6.07, 6.45) is -0.719. The lowest BCUT2D eigenvalue weighted by Crippen LogP contribution is -2.39. The summed E-state index contributed by atoms with van der Waals surface area (Å²) in [5, 5.41) is 24.3. The number of aliphatic hydroxyl groups excluding tert-OH is 1. The Bertz CT molecular complexity index is 1730. The van der Waals surface area contributed by atoms with Gasteiger partial charge in [-0.3, -0.25) is 9.59 Å². The molecule has 0 bridgehead atoms. The normalized spacial score (nSPS) is 12.5. The average molecular weight is 644 g/mol. The third kappa shape index (κ3) is 7.86. The minimum absolute atomic E-state index is 0.147. The highest BCUT2D eigenvalue weighted by atomic mass is 16.5. The Morgan fingerprint density at radius 1 is 0.708 bits per heavy atom. The molecule has 0 aliphatic heterocycles. The SMILES string of the molecule is COC(=O)c1cccc(C(=O)Nc2cccc(CC[C@@H](O)[C@@H](COC(c3ccccc3)(c3ccccc3)c3ccccc3)C(=O)O)c2)c1. The van der Waals surface area contributed by atoms with Crippen LogP contribution in [0.5, 0.6) is 0 Å². The Kier molecular flexibility index (Phi) is 11.1. The maximum Gasteiger partial charge on any atom is 0.337 e. The highest BCUT2D eigenvalue weighted by molar-refractivity contribution is 6.05. The standard InChI is InChI=1S/C40H37NO7/c1-47-39(46)30-15-12-14-29(26-30)37(43)41-34-22-11-13-28(25-34)23-24-36(42)35(38(44)45)27-48-40(31-16-5-2-6-17-31,32-18-7-3-8-19-32)33-20-9-4-10-21-33/h2-22,25-26,35-36,42H,23-24,27H2,1H3,(H,41,43)(H,44,45)/t35-,36-/m1/s1. The highest BCUT2D eigenvalue weighted by Crippen LogP contribution is 2.41. The van der Waals surface area contributed by atoms with E-state index in [0.717, 1.165) is 22.3 Å². The predicted octanol–water partition coefficient (Wildman–Crippen LogP) is 6.73. The molecular formula is C40H37NO7. The number of nitrogens with one attached hydrogen (secondary N) is 1. The molecule has 0 fully saturated rings. The van der Waals surface area contributed by atoms with Crippen molar-refractivity contribution < 1.29 is 34.1 Å². The van der Waals surface area contributed by atoms with Gasteiger partial charge in [0.2, 0.25) is 0 Å². The number of hydrogen-bond acceptors (Lipinski definition) is 6. The summed E-state index contributed by atoms with van der Waals surface area (Å²) < 4.78 is 11.4. The maximum absolute atomic E-state index is 12.9. The van der Waals surface area contributed by atoms with Crippen molar-refractivity contribution in [2.24, 2.45) is 5.92 Å². The summed E-state index contributed by atoms with van der Waals surface area (Å²) in [4.78, 5) is 37.3. The Labute approximate surface area is 279 Å². The van der Waals surface area contributed by atoms with Crippen LogP contribution in [-0.2, 0) is 26.3 Å². The number of aryl methyl sites for hydroxylation is 1. The molecule has 0 heterocycles. The lowest BCUT2D eigenvalue weighted by molar-refractivity contribution is -0.151. The number of aliphatic hydroxyl groups is 1. The zero-order valence-corrected chi connectivity index (χ0v) is 26.5. The molecular weight excluding hydrogens is 606 g/mol. The number of esters is 1. The van der Waals surface area contributed by atoms with Crippen LogP contribution in [0.1, 0.15) is 49.4 Å². The van der Waals surface area contributed by atoms with E-state index in [1.165, 1.54) is 13.2 Å². The Hall–Kier alpha value is -5.57. The van der Waals surface area contributed by atoms with E-state index in [1.807, 2.05) is 97.1 Å². The molecule has 0 spiro atoms.